The second-order valence-electron chi connectivity index (χ2n) is 8.17. The molecule has 0 saturated heterocycles. The van der Waals surface area contributed by atoms with Crippen molar-refractivity contribution in [3.05, 3.63) is 106 Å². The van der Waals surface area contributed by atoms with Gasteiger partial charge >= 0.3 is 5.97 Å². The Hall–Kier alpha value is -2.83. The molecule has 0 aliphatic heterocycles. The topological polar surface area (TPSA) is 26.3 Å². The molecule has 30 heavy (non-hydrogen) atoms. The van der Waals surface area contributed by atoms with Crippen LogP contribution < -0.4 is 0 Å². The van der Waals surface area contributed by atoms with E-state index in [1.807, 2.05) is 81.4 Å². The van der Waals surface area contributed by atoms with Crippen LogP contribution in [0.1, 0.15) is 49.1 Å². The van der Waals surface area contributed by atoms with Crippen molar-refractivity contribution in [3.8, 4) is 11.8 Å². The Labute approximate surface area is 187 Å². The molecule has 1 unspecified atom stereocenters. The van der Waals surface area contributed by atoms with E-state index in [9.17, 15) is 4.79 Å². The SMILES string of the molecule is CC(C)(C)C(=O)OC(C#Cc1ccc(Br)cc1)c1ccccc1Cc1ccccc1. The summed E-state index contributed by atoms with van der Waals surface area (Å²) in [5, 5.41) is 0. The van der Waals surface area contributed by atoms with Crippen molar-refractivity contribution in [2.24, 2.45) is 5.41 Å². The number of carbonyl (C=O) groups excluding carboxylic acids is 1. The summed E-state index contributed by atoms with van der Waals surface area (Å²) < 4.78 is 6.90. The molecule has 0 N–H and O–H groups in total. The van der Waals surface area contributed by atoms with Crippen LogP contribution in [0.3, 0.4) is 0 Å². The van der Waals surface area contributed by atoms with Crippen LogP contribution >= 0.6 is 15.9 Å². The lowest BCUT2D eigenvalue weighted by molar-refractivity contribution is -0.156. The van der Waals surface area contributed by atoms with Gasteiger partial charge in [-0.25, -0.2) is 0 Å². The van der Waals surface area contributed by atoms with Crippen LogP contribution in [0.4, 0.5) is 0 Å². The third-order valence-corrected chi connectivity index (χ3v) is 5.13. The minimum Gasteiger partial charge on any atom is -0.444 e. The van der Waals surface area contributed by atoms with E-state index in [4.69, 9.17) is 4.74 Å². The van der Waals surface area contributed by atoms with Gasteiger partial charge in [0.2, 0.25) is 0 Å². The van der Waals surface area contributed by atoms with E-state index in [-0.39, 0.29) is 5.97 Å². The minimum absolute atomic E-state index is 0.271. The van der Waals surface area contributed by atoms with Gasteiger partial charge in [0.1, 0.15) is 0 Å². The predicted octanol–water partition coefficient (Wildman–Crippen LogP) is 6.72. The van der Waals surface area contributed by atoms with Crippen LogP contribution in [0.15, 0.2) is 83.3 Å². The van der Waals surface area contributed by atoms with Crippen LogP contribution in [0.5, 0.6) is 0 Å². The molecule has 1 atom stereocenters. The van der Waals surface area contributed by atoms with Crippen molar-refractivity contribution in [1.82, 2.24) is 0 Å². The van der Waals surface area contributed by atoms with Crippen LogP contribution in [-0.4, -0.2) is 5.97 Å². The molecular formula is C27H25BrO2. The molecule has 3 rings (SSSR count). The van der Waals surface area contributed by atoms with Crippen molar-refractivity contribution in [1.29, 1.82) is 0 Å². The van der Waals surface area contributed by atoms with E-state index >= 15 is 0 Å². The highest BCUT2D eigenvalue weighted by Gasteiger charge is 2.27. The minimum atomic E-state index is -0.639. The van der Waals surface area contributed by atoms with Crippen LogP contribution in [0.2, 0.25) is 0 Å². The molecule has 0 aliphatic rings. The fourth-order valence-electron chi connectivity index (χ4n) is 2.90. The van der Waals surface area contributed by atoms with Gasteiger partial charge in [0.25, 0.3) is 0 Å². The molecule has 0 bridgehead atoms. The van der Waals surface area contributed by atoms with Crippen molar-refractivity contribution in [2.75, 3.05) is 0 Å². The molecule has 3 heteroatoms. The van der Waals surface area contributed by atoms with Crippen LogP contribution in [0.25, 0.3) is 0 Å². The smallest absolute Gasteiger partial charge is 0.312 e. The first-order valence-corrected chi connectivity index (χ1v) is 10.7. The molecule has 0 spiro atoms. The zero-order chi connectivity index (χ0) is 21.6. The number of hydrogen-bond donors (Lipinski definition) is 0. The molecule has 152 valence electrons. The second-order valence-corrected chi connectivity index (χ2v) is 9.09. The molecule has 0 fully saturated rings. The number of rotatable bonds is 4. The Kier molecular flexibility index (Phi) is 7.13. The van der Waals surface area contributed by atoms with Crippen molar-refractivity contribution in [3.63, 3.8) is 0 Å². The standard InChI is InChI=1S/C27H25BrO2/c1-27(2,3)26(29)30-25(18-15-20-13-16-23(28)17-14-20)24-12-8-7-11-22(24)19-21-9-5-4-6-10-21/h4-14,16-17,25H,19H2,1-3H3. The van der Waals surface area contributed by atoms with Gasteiger partial charge in [0, 0.05) is 15.6 Å². The van der Waals surface area contributed by atoms with Gasteiger partial charge in [-0.05, 0) is 68.5 Å². The first-order valence-electron chi connectivity index (χ1n) is 9.93. The molecule has 3 aromatic rings. The van der Waals surface area contributed by atoms with Gasteiger partial charge in [0.15, 0.2) is 6.10 Å². The molecular weight excluding hydrogens is 436 g/mol. The molecule has 0 saturated carbocycles. The average Bonchev–Trinajstić information content (AvgIpc) is 2.73. The van der Waals surface area contributed by atoms with Gasteiger partial charge in [-0.1, -0.05) is 76.4 Å². The van der Waals surface area contributed by atoms with E-state index in [1.165, 1.54) is 5.56 Å². The molecule has 0 aromatic heterocycles. The summed E-state index contributed by atoms with van der Waals surface area (Å²) in [5.74, 6) is 6.09. The van der Waals surface area contributed by atoms with E-state index in [2.05, 4.69) is 46.0 Å². The summed E-state index contributed by atoms with van der Waals surface area (Å²) in [6.07, 6.45) is 0.112. The molecule has 2 nitrogen and oxygen atoms in total. The second kappa shape index (κ2) is 9.78. The highest BCUT2D eigenvalue weighted by atomic mass is 79.9. The highest BCUT2D eigenvalue weighted by molar-refractivity contribution is 9.10. The summed E-state index contributed by atoms with van der Waals surface area (Å²) in [6.45, 7) is 5.55. The largest absolute Gasteiger partial charge is 0.444 e. The summed E-state index contributed by atoms with van der Waals surface area (Å²) in [6, 6.07) is 26.1. The van der Waals surface area contributed by atoms with Crippen LogP contribution in [-0.2, 0) is 16.0 Å². The number of halogens is 1. The highest BCUT2D eigenvalue weighted by Crippen LogP contribution is 2.27. The predicted molar refractivity (Wildman–Crippen MR) is 125 cm³/mol. The normalized spacial score (nSPS) is 11.9. The fourth-order valence-corrected chi connectivity index (χ4v) is 3.17. The van der Waals surface area contributed by atoms with Gasteiger partial charge < -0.3 is 4.74 Å². The summed E-state index contributed by atoms with van der Waals surface area (Å²) >= 11 is 3.44. The monoisotopic (exact) mass is 460 g/mol. The molecule has 0 aliphatic carbocycles. The Balaban J connectivity index is 1.98. The lowest BCUT2D eigenvalue weighted by atomic mass is 9.95. The van der Waals surface area contributed by atoms with Gasteiger partial charge in [-0.2, -0.15) is 0 Å². The number of ether oxygens (including phenoxy) is 1. The lowest BCUT2D eigenvalue weighted by Crippen LogP contribution is -2.25. The van der Waals surface area contributed by atoms with Crippen molar-refractivity contribution in [2.45, 2.75) is 33.3 Å². The Morgan fingerprint density at radius 2 is 1.57 bits per heavy atom. The molecule has 0 amide bonds. The fraction of sp³-hybridized carbons (Fsp3) is 0.222. The number of benzene rings is 3. The maximum Gasteiger partial charge on any atom is 0.312 e. The van der Waals surface area contributed by atoms with Crippen LogP contribution in [0, 0.1) is 17.3 Å². The van der Waals surface area contributed by atoms with Crippen molar-refractivity contribution >= 4 is 21.9 Å². The molecule has 0 heterocycles. The first-order chi connectivity index (χ1) is 14.3. The Morgan fingerprint density at radius 1 is 0.933 bits per heavy atom. The maximum atomic E-state index is 12.7. The summed E-state index contributed by atoms with van der Waals surface area (Å²) in [5.41, 5.74) is 3.48. The zero-order valence-corrected chi connectivity index (χ0v) is 19.1. The van der Waals surface area contributed by atoms with Gasteiger partial charge in [-0.3, -0.25) is 4.79 Å². The molecule has 0 radical (unpaired) electrons. The number of esters is 1. The maximum absolute atomic E-state index is 12.7. The Bertz CT molecular complexity index is 1050. The summed E-state index contributed by atoms with van der Waals surface area (Å²) in [7, 11) is 0. The van der Waals surface area contributed by atoms with E-state index in [0.29, 0.717) is 0 Å². The van der Waals surface area contributed by atoms with Gasteiger partial charge in [0.05, 0.1) is 5.41 Å². The average molecular weight is 461 g/mol. The zero-order valence-electron chi connectivity index (χ0n) is 17.5. The van der Waals surface area contributed by atoms with Crippen molar-refractivity contribution < 1.29 is 9.53 Å². The van der Waals surface area contributed by atoms with Gasteiger partial charge in [-0.15, -0.1) is 0 Å². The third kappa shape index (κ3) is 6.08. The molecule has 3 aromatic carbocycles. The number of hydrogen-bond acceptors (Lipinski definition) is 2. The third-order valence-electron chi connectivity index (χ3n) is 4.60. The summed E-state index contributed by atoms with van der Waals surface area (Å²) in [4.78, 5) is 12.7. The van der Waals surface area contributed by atoms with E-state index in [0.717, 1.165) is 27.6 Å². The lowest BCUT2D eigenvalue weighted by Gasteiger charge is -2.22. The van der Waals surface area contributed by atoms with E-state index < -0.39 is 11.5 Å². The number of carbonyl (C=O) groups is 1. The quantitative estimate of drug-likeness (QED) is 0.318. The van der Waals surface area contributed by atoms with E-state index in [1.54, 1.807) is 0 Å². The Morgan fingerprint density at radius 3 is 2.23 bits per heavy atom. The first kappa shape index (κ1) is 21.9.